The number of thiophene rings is 1. The van der Waals surface area contributed by atoms with Crippen molar-refractivity contribution < 1.29 is 9.90 Å². The van der Waals surface area contributed by atoms with Gasteiger partial charge in [0.1, 0.15) is 17.1 Å². The van der Waals surface area contributed by atoms with Gasteiger partial charge in [-0.2, -0.15) is 0 Å². The minimum Gasteiger partial charge on any atom is -0.480 e. The van der Waals surface area contributed by atoms with Gasteiger partial charge in [-0.3, -0.25) is 19.1 Å². The number of pyridine rings is 1. The number of hydrogen-bond acceptors (Lipinski definition) is 5. The molecule has 0 unspecified atom stereocenters. The van der Waals surface area contributed by atoms with E-state index in [1.165, 1.54) is 15.9 Å². The van der Waals surface area contributed by atoms with E-state index in [-0.39, 0.29) is 11.4 Å². The second-order valence-corrected chi connectivity index (χ2v) is 6.10. The maximum atomic E-state index is 12.7. The molecule has 0 saturated heterocycles. The van der Waals surface area contributed by atoms with Crippen LogP contribution in [0.15, 0.2) is 29.2 Å². The summed E-state index contributed by atoms with van der Waals surface area (Å²) in [5.41, 5.74) is 0.991. The van der Waals surface area contributed by atoms with Crippen molar-refractivity contribution in [1.29, 1.82) is 0 Å². The van der Waals surface area contributed by atoms with E-state index in [4.69, 9.17) is 5.11 Å². The van der Waals surface area contributed by atoms with Crippen LogP contribution in [-0.4, -0.2) is 25.6 Å². The minimum atomic E-state index is -1.09. The average Bonchev–Trinajstić information content (AvgIpc) is 2.77. The molecule has 3 heterocycles. The zero-order chi connectivity index (χ0) is 15.9. The predicted molar refractivity (Wildman–Crippen MR) is 84.2 cm³/mol. The van der Waals surface area contributed by atoms with Gasteiger partial charge in [-0.25, -0.2) is 4.98 Å². The van der Waals surface area contributed by atoms with Crippen molar-refractivity contribution >= 4 is 27.5 Å². The normalized spacial score (nSPS) is 11.0. The number of fused-ring (bicyclic) bond motifs is 1. The highest BCUT2D eigenvalue weighted by Gasteiger charge is 2.19. The topological polar surface area (TPSA) is 85.1 Å². The summed E-state index contributed by atoms with van der Waals surface area (Å²) in [6, 6.07) is 5.23. The highest BCUT2D eigenvalue weighted by molar-refractivity contribution is 7.18. The second-order valence-electron chi connectivity index (χ2n) is 4.90. The van der Waals surface area contributed by atoms with E-state index >= 15 is 0 Å². The molecular formula is C15H13N3O3S. The number of carboxylic acid groups (broad SMARTS) is 1. The van der Waals surface area contributed by atoms with Crippen molar-refractivity contribution in [1.82, 2.24) is 14.5 Å². The number of hydrogen-bond donors (Lipinski definition) is 1. The first-order valence-electron chi connectivity index (χ1n) is 6.62. The van der Waals surface area contributed by atoms with E-state index in [1.54, 1.807) is 24.4 Å². The van der Waals surface area contributed by atoms with Crippen LogP contribution in [0.3, 0.4) is 0 Å². The minimum absolute atomic E-state index is 0.279. The lowest BCUT2D eigenvalue weighted by Crippen LogP contribution is -2.27. The van der Waals surface area contributed by atoms with Crippen molar-refractivity contribution in [3.8, 4) is 11.5 Å². The molecule has 112 valence electrons. The standard InChI is InChI=1S/C15H13N3O3S/c1-8-9(2)22-14-12(8)15(21)18(7-11(19)20)13(17-14)10-5-3-4-6-16-10/h3-6H,7H2,1-2H3,(H,19,20). The van der Waals surface area contributed by atoms with Crippen LogP contribution in [0.5, 0.6) is 0 Å². The molecule has 3 rings (SSSR count). The van der Waals surface area contributed by atoms with Gasteiger partial charge in [0.25, 0.3) is 5.56 Å². The van der Waals surface area contributed by atoms with Gasteiger partial charge in [0.2, 0.25) is 0 Å². The summed E-state index contributed by atoms with van der Waals surface area (Å²) in [5.74, 6) is -0.813. The summed E-state index contributed by atoms with van der Waals surface area (Å²) in [6.07, 6.45) is 1.59. The Hall–Kier alpha value is -2.54. The third-order valence-corrected chi connectivity index (χ3v) is 4.58. The molecule has 3 aromatic rings. The van der Waals surface area contributed by atoms with Crippen molar-refractivity contribution in [2.24, 2.45) is 0 Å². The molecule has 0 aliphatic heterocycles. The fraction of sp³-hybridized carbons (Fsp3) is 0.200. The SMILES string of the molecule is Cc1sc2nc(-c3ccccn3)n(CC(=O)O)c(=O)c2c1C. The first-order chi connectivity index (χ1) is 10.5. The lowest BCUT2D eigenvalue weighted by atomic mass is 10.2. The Kier molecular flexibility index (Phi) is 3.50. The molecule has 0 aliphatic rings. The number of rotatable bonds is 3. The number of aliphatic carboxylic acids is 1. The molecular weight excluding hydrogens is 302 g/mol. The maximum absolute atomic E-state index is 12.7. The summed E-state index contributed by atoms with van der Waals surface area (Å²) < 4.78 is 1.17. The van der Waals surface area contributed by atoms with Crippen molar-refractivity contribution in [2.45, 2.75) is 20.4 Å². The lowest BCUT2D eigenvalue weighted by molar-refractivity contribution is -0.137. The van der Waals surface area contributed by atoms with Crippen LogP contribution in [0.2, 0.25) is 0 Å². The number of nitrogens with zero attached hydrogens (tertiary/aromatic N) is 3. The van der Waals surface area contributed by atoms with E-state index in [9.17, 15) is 9.59 Å². The summed E-state index contributed by atoms with van der Waals surface area (Å²) in [6.45, 7) is 3.33. The second kappa shape index (κ2) is 5.34. The third-order valence-electron chi connectivity index (χ3n) is 3.48. The fourth-order valence-corrected chi connectivity index (χ4v) is 3.32. The Balaban J connectivity index is 2.40. The van der Waals surface area contributed by atoms with Gasteiger partial charge in [0.05, 0.1) is 5.39 Å². The Bertz CT molecular complexity index is 929. The van der Waals surface area contributed by atoms with Gasteiger partial charge in [-0.15, -0.1) is 11.3 Å². The molecule has 0 amide bonds. The van der Waals surface area contributed by atoms with Crippen LogP contribution in [0.1, 0.15) is 10.4 Å². The van der Waals surface area contributed by atoms with Gasteiger partial charge in [-0.05, 0) is 31.5 Å². The van der Waals surface area contributed by atoms with Crippen LogP contribution in [-0.2, 0) is 11.3 Å². The van der Waals surface area contributed by atoms with Gasteiger partial charge in [0, 0.05) is 11.1 Å². The maximum Gasteiger partial charge on any atom is 0.323 e. The van der Waals surface area contributed by atoms with E-state index in [2.05, 4.69) is 9.97 Å². The van der Waals surface area contributed by atoms with Gasteiger partial charge < -0.3 is 5.11 Å². The predicted octanol–water partition coefficient (Wildman–Crippen LogP) is 2.22. The molecule has 6 nitrogen and oxygen atoms in total. The molecule has 1 N–H and O–H groups in total. The van der Waals surface area contributed by atoms with Gasteiger partial charge in [-0.1, -0.05) is 6.07 Å². The molecule has 3 aromatic heterocycles. The monoisotopic (exact) mass is 315 g/mol. The number of aromatic nitrogens is 3. The Morgan fingerprint density at radius 1 is 1.36 bits per heavy atom. The number of carbonyl (C=O) groups is 1. The molecule has 0 radical (unpaired) electrons. The molecule has 0 aromatic carbocycles. The van der Waals surface area contributed by atoms with E-state index in [1.807, 2.05) is 13.8 Å². The number of carboxylic acids is 1. The summed E-state index contributed by atoms with van der Waals surface area (Å²) in [7, 11) is 0. The summed E-state index contributed by atoms with van der Waals surface area (Å²) in [5, 5.41) is 9.59. The van der Waals surface area contributed by atoms with Gasteiger partial charge in [0.15, 0.2) is 5.82 Å². The van der Waals surface area contributed by atoms with E-state index < -0.39 is 12.5 Å². The van der Waals surface area contributed by atoms with Crippen LogP contribution in [0.4, 0.5) is 0 Å². The molecule has 7 heteroatoms. The molecule has 0 spiro atoms. The summed E-state index contributed by atoms with van der Waals surface area (Å²) in [4.78, 5) is 34.1. The van der Waals surface area contributed by atoms with E-state index in [0.717, 1.165) is 10.4 Å². The van der Waals surface area contributed by atoms with E-state index in [0.29, 0.717) is 15.9 Å². The fourth-order valence-electron chi connectivity index (χ4n) is 2.30. The first kappa shape index (κ1) is 14.4. The molecule has 0 saturated carbocycles. The Morgan fingerprint density at radius 2 is 2.14 bits per heavy atom. The van der Waals surface area contributed by atoms with Crippen LogP contribution < -0.4 is 5.56 Å². The molecule has 0 fully saturated rings. The molecule has 0 aliphatic carbocycles. The zero-order valence-electron chi connectivity index (χ0n) is 12.0. The van der Waals surface area contributed by atoms with Crippen molar-refractivity contribution in [3.63, 3.8) is 0 Å². The third kappa shape index (κ3) is 2.29. The average molecular weight is 315 g/mol. The lowest BCUT2D eigenvalue weighted by Gasteiger charge is -2.09. The highest BCUT2D eigenvalue weighted by Crippen LogP contribution is 2.28. The Morgan fingerprint density at radius 3 is 2.77 bits per heavy atom. The largest absolute Gasteiger partial charge is 0.480 e. The molecule has 0 bridgehead atoms. The molecule has 22 heavy (non-hydrogen) atoms. The summed E-state index contributed by atoms with van der Waals surface area (Å²) >= 11 is 1.43. The smallest absolute Gasteiger partial charge is 0.323 e. The number of aryl methyl sites for hydroxylation is 2. The van der Waals surface area contributed by atoms with Crippen LogP contribution in [0, 0.1) is 13.8 Å². The quantitative estimate of drug-likeness (QED) is 0.801. The van der Waals surface area contributed by atoms with Crippen molar-refractivity contribution in [2.75, 3.05) is 0 Å². The Labute approximate surface area is 129 Å². The van der Waals surface area contributed by atoms with Crippen LogP contribution in [0.25, 0.3) is 21.7 Å². The highest BCUT2D eigenvalue weighted by atomic mass is 32.1. The van der Waals surface area contributed by atoms with Gasteiger partial charge >= 0.3 is 5.97 Å². The van der Waals surface area contributed by atoms with Crippen molar-refractivity contribution in [3.05, 3.63) is 45.2 Å². The first-order valence-corrected chi connectivity index (χ1v) is 7.44. The van der Waals surface area contributed by atoms with Crippen LogP contribution >= 0.6 is 11.3 Å². The zero-order valence-corrected chi connectivity index (χ0v) is 12.8. The molecule has 0 atom stereocenters.